The van der Waals surface area contributed by atoms with Gasteiger partial charge in [0.2, 0.25) is 5.95 Å². The minimum Gasteiger partial charge on any atom is -0.297 e. The molecule has 0 N–H and O–H groups in total. The van der Waals surface area contributed by atoms with Gasteiger partial charge in [0.15, 0.2) is 11.2 Å². The number of imidazole rings is 1. The fourth-order valence-corrected chi connectivity index (χ4v) is 3.60. The van der Waals surface area contributed by atoms with Gasteiger partial charge < -0.3 is 0 Å². The Morgan fingerprint density at radius 3 is 2.50 bits per heavy atom. The summed E-state index contributed by atoms with van der Waals surface area (Å²) in [7, 11) is 1.66. The number of aryl methyl sites for hydroxylation is 2. The van der Waals surface area contributed by atoms with Crippen LogP contribution >= 0.6 is 0 Å². The highest BCUT2D eigenvalue weighted by Crippen LogP contribution is 2.23. The smallest absolute Gasteiger partial charge is 0.297 e. The van der Waals surface area contributed by atoms with Crippen LogP contribution in [0.1, 0.15) is 31.4 Å². The molecule has 0 radical (unpaired) electrons. The molecule has 1 aliphatic rings. The monoisotopic (exact) mass is 380 g/mol. The number of hydrogen-bond acceptors (Lipinski definition) is 5. The van der Waals surface area contributed by atoms with Crippen molar-refractivity contribution < 1.29 is 0 Å². The molecule has 1 aliphatic heterocycles. The summed E-state index contributed by atoms with van der Waals surface area (Å²) in [6.45, 7) is 7.43. The Kier molecular flexibility index (Phi) is 4.41. The van der Waals surface area contributed by atoms with Crippen molar-refractivity contribution in [3.05, 3.63) is 56.2 Å². The quantitative estimate of drug-likeness (QED) is 0.692. The topological polar surface area (TPSA) is 77.4 Å². The highest BCUT2D eigenvalue weighted by Gasteiger charge is 2.26. The Morgan fingerprint density at radius 2 is 1.82 bits per heavy atom. The molecule has 146 valence electrons. The molecular weight excluding hydrogens is 356 g/mol. The Labute approximate surface area is 162 Å². The van der Waals surface area contributed by atoms with Gasteiger partial charge in [-0.25, -0.2) is 9.80 Å². The first-order chi connectivity index (χ1) is 13.4. The third kappa shape index (κ3) is 2.85. The number of hydrazone groups is 1. The fraction of sp³-hybridized carbons (Fsp3) is 0.400. The summed E-state index contributed by atoms with van der Waals surface area (Å²) in [5, 5.41) is 6.37. The van der Waals surface area contributed by atoms with Crippen molar-refractivity contribution in [2.75, 3.05) is 11.6 Å². The number of nitrogens with zero attached hydrogens (tertiary/aromatic N) is 6. The highest BCUT2D eigenvalue weighted by atomic mass is 16.2. The first-order valence-electron chi connectivity index (χ1n) is 9.48. The van der Waals surface area contributed by atoms with Crippen LogP contribution in [0.4, 0.5) is 5.95 Å². The van der Waals surface area contributed by atoms with E-state index >= 15 is 0 Å². The Hall–Kier alpha value is -3.16. The minimum atomic E-state index is -0.367. The molecule has 0 spiro atoms. The van der Waals surface area contributed by atoms with Crippen molar-refractivity contribution in [1.82, 2.24) is 18.7 Å². The van der Waals surface area contributed by atoms with Crippen LogP contribution in [0.15, 0.2) is 39.0 Å². The summed E-state index contributed by atoms with van der Waals surface area (Å²) in [6, 6.07) is 7.84. The molecule has 0 atom stereocenters. The SMILES string of the molecule is CCCN1N=C(C)Cn2c1nc1c2c(=O)n(Cc2ccc(C)cc2)c(=O)n1C. The second-order valence-corrected chi connectivity index (χ2v) is 7.35. The lowest BCUT2D eigenvalue weighted by molar-refractivity contribution is 0.653. The summed E-state index contributed by atoms with van der Waals surface area (Å²) >= 11 is 0. The summed E-state index contributed by atoms with van der Waals surface area (Å²) in [6.07, 6.45) is 0.899. The van der Waals surface area contributed by atoms with Crippen LogP contribution in [0, 0.1) is 6.92 Å². The number of fused-ring (bicyclic) bond motifs is 3. The zero-order valence-corrected chi connectivity index (χ0v) is 16.6. The van der Waals surface area contributed by atoms with Crippen molar-refractivity contribution in [3.8, 4) is 0 Å². The van der Waals surface area contributed by atoms with Gasteiger partial charge in [0.1, 0.15) is 0 Å². The molecule has 0 fully saturated rings. The van der Waals surface area contributed by atoms with Crippen molar-refractivity contribution in [3.63, 3.8) is 0 Å². The van der Waals surface area contributed by atoms with Gasteiger partial charge in [0, 0.05) is 13.6 Å². The summed E-state index contributed by atoms with van der Waals surface area (Å²) in [5.41, 5.74) is 3.11. The molecule has 0 amide bonds. The largest absolute Gasteiger partial charge is 0.332 e. The average molecular weight is 380 g/mol. The maximum Gasteiger partial charge on any atom is 0.332 e. The number of aromatic nitrogens is 4. The van der Waals surface area contributed by atoms with E-state index in [2.05, 4.69) is 17.0 Å². The van der Waals surface area contributed by atoms with Crippen LogP contribution in [0.3, 0.4) is 0 Å². The molecule has 8 nitrogen and oxygen atoms in total. The Morgan fingerprint density at radius 1 is 1.11 bits per heavy atom. The van der Waals surface area contributed by atoms with Gasteiger partial charge in [-0.2, -0.15) is 10.1 Å². The molecule has 0 saturated heterocycles. The lowest BCUT2D eigenvalue weighted by atomic mass is 10.1. The lowest BCUT2D eigenvalue weighted by Gasteiger charge is -2.24. The standard InChI is InChI=1S/C20H24N6O2/c1-5-10-26-19-21-17-16(24(19)11-14(3)22-26)18(27)25(20(28)23(17)4)12-15-8-6-13(2)7-9-15/h6-9H,5,10-12H2,1-4H3. The molecule has 0 aliphatic carbocycles. The van der Waals surface area contributed by atoms with E-state index in [-0.39, 0.29) is 17.8 Å². The van der Waals surface area contributed by atoms with Gasteiger partial charge in [0.05, 0.1) is 18.8 Å². The number of rotatable bonds is 4. The molecule has 2 aromatic heterocycles. The van der Waals surface area contributed by atoms with Crippen LogP contribution in [0.2, 0.25) is 0 Å². The van der Waals surface area contributed by atoms with E-state index in [9.17, 15) is 9.59 Å². The van der Waals surface area contributed by atoms with Gasteiger partial charge in [-0.1, -0.05) is 36.8 Å². The summed E-state index contributed by atoms with van der Waals surface area (Å²) in [5.74, 6) is 0.614. The van der Waals surface area contributed by atoms with Crippen molar-refractivity contribution in [1.29, 1.82) is 0 Å². The summed E-state index contributed by atoms with van der Waals surface area (Å²) in [4.78, 5) is 30.8. The van der Waals surface area contributed by atoms with Crippen molar-refractivity contribution >= 4 is 22.8 Å². The van der Waals surface area contributed by atoms with Gasteiger partial charge in [-0.3, -0.25) is 18.5 Å². The van der Waals surface area contributed by atoms with E-state index in [0.29, 0.717) is 30.2 Å². The predicted octanol–water partition coefficient (Wildman–Crippen LogP) is 1.86. The second-order valence-electron chi connectivity index (χ2n) is 7.35. The maximum absolute atomic E-state index is 13.3. The van der Waals surface area contributed by atoms with E-state index in [0.717, 1.165) is 23.3 Å². The van der Waals surface area contributed by atoms with E-state index < -0.39 is 0 Å². The predicted molar refractivity (Wildman–Crippen MR) is 110 cm³/mol. The van der Waals surface area contributed by atoms with Crippen molar-refractivity contribution in [2.45, 2.75) is 40.3 Å². The molecule has 28 heavy (non-hydrogen) atoms. The fourth-order valence-electron chi connectivity index (χ4n) is 3.60. The van der Waals surface area contributed by atoms with Crippen LogP contribution < -0.4 is 16.3 Å². The number of hydrogen-bond donors (Lipinski definition) is 0. The van der Waals surface area contributed by atoms with Gasteiger partial charge in [-0.15, -0.1) is 0 Å². The molecule has 0 bridgehead atoms. The van der Waals surface area contributed by atoms with E-state index in [4.69, 9.17) is 0 Å². The Balaban J connectivity index is 1.93. The van der Waals surface area contributed by atoms with Crippen LogP contribution in [-0.2, 0) is 20.1 Å². The van der Waals surface area contributed by atoms with E-state index in [1.807, 2.05) is 47.7 Å². The molecule has 8 heteroatoms. The number of anilines is 1. The van der Waals surface area contributed by atoms with Crippen LogP contribution in [0.5, 0.6) is 0 Å². The van der Waals surface area contributed by atoms with Crippen LogP contribution in [-0.4, -0.2) is 30.9 Å². The molecule has 4 rings (SSSR count). The second kappa shape index (κ2) is 6.78. The first kappa shape index (κ1) is 18.2. The zero-order valence-electron chi connectivity index (χ0n) is 16.6. The molecule has 1 aromatic carbocycles. The average Bonchev–Trinajstić information content (AvgIpc) is 3.05. The van der Waals surface area contributed by atoms with Crippen LogP contribution in [0.25, 0.3) is 11.2 Å². The third-order valence-corrected chi connectivity index (χ3v) is 5.02. The molecule has 3 aromatic rings. The molecular formula is C20H24N6O2. The lowest BCUT2D eigenvalue weighted by Crippen LogP contribution is -2.40. The molecule has 0 saturated carbocycles. The first-order valence-corrected chi connectivity index (χ1v) is 9.48. The maximum atomic E-state index is 13.3. The van der Waals surface area contributed by atoms with E-state index in [1.54, 1.807) is 7.05 Å². The normalized spacial score (nSPS) is 13.7. The van der Waals surface area contributed by atoms with Gasteiger partial charge in [-0.05, 0) is 25.8 Å². The molecule has 0 unspecified atom stereocenters. The summed E-state index contributed by atoms with van der Waals surface area (Å²) < 4.78 is 4.61. The third-order valence-electron chi connectivity index (χ3n) is 5.02. The van der Waals surface area contributed by atoms with Gasteiger partial charge >= 0.3 is 5.69 Å². The van der Waals surface area contributed by atoms with Crippen molar-refractivity contribution in [2.24, 2.45) is 12.1 Å². The zero-order chi connectivity index (χ0) is 20.0. The number of benzene rings is 1. The minimum absolute atomic E-state index is 0.230. The Bertz CT molecular complexity index is 1200. The van der Waals surface area contributed by atoms with Gasteiger partial charge in [0.25, 0.3) is 5.56 Å². The highest BCUT2D eigenvalue weighted by molar-refractivity contribution is 5.87. The molecule has 3 heterocycles. The van der Waals surface area contributed by atoms with E-state index in [1.165, 1.54) is 9.13 Å².